The molecule has 25 heavy (non-hydrogen) atoms. The van der Waals surface area contributed by atoms with E-state index < -0.39 is 0 Å². The molecule has 0 aliphatic carbocycles. The first-order chi connectivity index (χ1) is 12.4. The third kappa shape index (κ3) is 2.25. The highest BCUT2D eigenvalue weighted by Gasteiger charge is 2.13. The van der Waals surface area contributed by atoms with Gasteiger partial charge < -0.3 is 4.98 Å². The smallest absolute Gasteiger partial charge is 0.0540 e. The van der Waals surface area contributed by atoms with Crippen molar-refractivity contribution in [2.75, 3.05) is 0 Å². The van der Waals surface area contributed by atoms with Crippen molar-refractivity contribution in [3.63, 3.8) is 0 Å². The number of hydrogen-bond donors (Lipinski definition) is 1. The normalized spacial score (nSPS) is 11.2. The van der Waals surface area contributed by atoms with Gasteiger partial charge in [-0.1, -0.05) is 84.9 Å². The highest BCUT2D eigenvalue weighted by molar-refractivity contribution is 6.04. The van der Waals surface area contributed by atoms with Gasteiger partial charge in [-0.05, 0) is 33.2 Å². The Labute approximate surface area is 146 Å². The van der Waals surface area contributed by atoms with Crippen LogP contribution >= 0.6 is 0 Å². The molecule has 118 valence electrons. The lowest BCUT2D eigenvalue weighted by Gasteiger charge is -2.11. The van der Waals surface area contributed by atoms with Crippen molar-refractivity contribution in [3.8, 4) is 22.4 Å². The average Bonchev–Trinajstić information content (AvgIpc) is 3.16. The van der Waals surface area contributed by atoms with Crippen LogP contribution in [-0.4, -0.2) is 4.98 Å². The highest BCUT2D eigenvalue weighted by atomic mass is 14.7. The fourth-order valence-electron chi connectivity index (χ4n) is 3.72. The SMILES string of the molecule is c1ccc2c(-c3cc[nH]c3-c3cccc4ccccc34)cccc2c1. The molecule has 0 bridgehead atoms. The lowest BCUT2D eigenvalue weighted by Crippen LogP contribution is -1.86. The summed E-state index contributed by atoms with van der Waals surface area (Å²) in [6.45, 7) is 0. The van der Waals surface area contributed by atoms with Gasteiger partial charge >= 0.3 is 0 Å². The van der Waals surface area contributed by atoms with Gasteiger partial charge in [0.1, 0.15) is 0 Å². The minimum atomic E-state index is 1.17. The van der Waals surface area contributed by atoms with E-state index in [0.29, 0.717) is 0 Å². The van der Waals surface area contributed by atoms with Crippen LogP contribution in [0.25, 0.3) is 43.9 Å². The van der Waals surface area contributed by atoms with Crippen LogP contribution < -0.4 is 0 Å². The maximum atomic E-state index is 3.48. The molecule has 0 unspecified atom stereocenters. The molecular formula is C24H17N. The molecule has 0 fully saturated rings. The summed E-state index contributed by atoms with van der Waals surface area (Å²) >= 11 is 0. The maximum absolute atomic E-state index is 3.48. The fourth-order valence-corrected chi connectivity index (χ4v) is 3.72. The Hall–Kier alpha value is -3.32. The zero-order valence-corrected chi connectivity index (χ0v) is 13.7. The van der Waals surface area contributed by atoms with Crippen molar-refractivity contribution in [1.29, 1.82) is 0 Å². The Bertz CT molecular complexity index is 1090. The Morgan fingerprint density at radius 2 is 1.00 bits per heavy atom. The Kier molecular flexibility index (Phi) is 3.17. The molecule has 0 aliphatic heterocycles. The number of rotatable bonds is 2. The van der Waals surface area contributed by atoms with Gasteiger partial charge in [-0.15, -0.1) is 0 Å². The van der Waals surface area contributed by atoms with E-state index in [0.717, 1.165) is 0 Å². The van der Waals surface area contributed by atoms with Crippen LogP contribution in [0.4, 0.5) is 0 Å². The van der Waals surface area contributed by atoms with Gasteiger partial charge in [-0.2, -0.15) is 0 Å². The van der Waals surface area contributed by atoms with E-state index in [1.807, 2.05) is 6.20 Å². The Balaban J connectivity index is 1.80. The molecule has 0 aliphatic rings. The fraction of sp³-hybridized carbons (Fsp3) is 0. The molecule has 0 saturated carbocycles. The second-order valence-corrected chi connectivity index (χ2v) is 6.32. The minimum Gasteiger partial charge on any atom is -0.361 e. The van der Waals surface area contributed by atoms with Gasteiger partial charge in [0.25, 0.3) is 0 Å². The molecule has 0 atom stereocenters. The standard InChI is InChI=1S/C24H17N/c1-3-11-19-17(7-1)9-5-13-21(19)23-15-16-25-24(23)22-14-6-10-18-8-2-4-12-20(18)22/h1-16,25H. The van der Waals surface area contributed by atoms with Crippen LogP contribution in [0, 0.1) is 0 Å². The van der Waals surface area contributed by atoms with Crippen LogP contribution in [0.15, 0.2) is 97.2 Å². The van der Waals surface area contributed by atoms with Crippen LogP contribution in [0.5, 0.6) is 0 Å². The van der Waals surface area contributed by atoms with Gasteiger partial charge in [0.15, 0.2) is 0 Å². The molecule has 0 saturated heterocycles. The van der Waals surface area contributed by atoms with Crippen molar-refractivity contribution in [2.45, 2.75) is 0 Å². The summed E-state index contributed by atoms with van der Waals surface area (Å²) in [7, 11) is 0. The summed E-state index contributed by atoms with van der Waals surface area (Å²) in [5, 5.41) is 5.09. The van der Waals surface area contributed by atoms with Crippen molar-refractivity contribution in [3.05, 3.63) is 97.2 Å². The topological polar surface area (TPSA) is 15.8 Å². The minimum absolute atomic E-state index is 1.17. The van der Waals surface area contributed by atoms with E-state index in [4.69, 9.17) is 0 Å². The summed E-state index contributed by atoms with van der Waals surface area (Å²) in [6, 6.07) is 32.3. The summed E-state index contributed by atoms with van der Waals surface area (Å²) in [5.74, 6) is 0. The molecule has 0 radical (unpaired) electrons. The van der Waals surface area contributed by atoms with Gasteiger partial charge in [0.2, 0.25) is 0 Å². The van der Waals surface area contributed by atoms with Crippen molar-refractivity contribution in [1.82, 2.24) is 4.98 Å². The quantitative estimate of drug-likeness (QED) is 0.374. The van der Waals surface area contributed by atoms with Crippen molar-refractivity contribution >= 4 is 21.5 Å². The zero-order chi connectivity index (χ0) is 16.6. The lowest BCUT2D eigenvalue weighted by atomic mass is 9.94. The van der Waals surface area contributed by atoms with E-state index in [2.05, 4.69) is 96.0 Å². The van der Waals surface area contributed by atoms with E-state index in [9.17, 15) is 0 Å². The molecule has 1 heteroatoms. The van der Waals surface area contributed by atoms with Crippen molar-refractivity contribution < 1.29 is 0 Å². The number of aromatic amines is 1. The number of aromatic nitrogens is 1. The molecule has 1 aromatic heterocycles. The number of benzene rings is 4. The van der Waals surface area contributed by atoms with Gasteiger partial charge in [-0.25, -0.2) is 0 Å². The summed E-state index contributed by atoms with van der Waals surface area (Å²) in [4.78, 5) is 3.48. The molecule has 0 spiro atoms. The second-order valence-electron chi connectivity index (χ2n) is 6.32. The summed E-state index contributed by atoms with van der Waals surface area (Å²) < 4.78 is 0. The van der Waals surface area contributed by atoms with Gasteiger partial charge in [0.05, 0.1) is 5.69 Å². The van der Waals surface area contributed by atoms with Crippen LogP contribution in [-0.2, 0) is 0 Å². The molecular weight excluding hydrogens is 302 g/mol. The third-order valence-corrected chi connectivity index (χ3v) is 4.89. The predicted molar refractivity (Wildman–Crippen MR) is 107 cm³/mol. The molecule has 1 heterocycles. The summed E-state index contributed by atoms with van der Waals surface area (Å²) in [6.07, 6.45) is 2.04. The first kappa shape index (κ1) is 14.1. The highest BCUT2D eigenvalue weighted by Crippen LogP contribution is 2.37. The number of fused-ring (bicyclic) bond motifs is 2. The van der Waals surface area contributed by atoms with Crippen LogP contribution in [0.2, 0.25) is 0 Å². The van der Waals surface area contributed by atoms with E-state index in [1.54, 1.807) is 0 Å². The maximum Gasteiger partial charge on any atom is 0.0540 e. The van der Waals surface area contributed by atoms with Crippen LogP contribution in [0.1, 0.15) is 0 Å². The third-order valence-electron chi connectivity index (χ3n) is 4.89. The van der Waals surface area contributed by atoms with E-state index >= 15 is 0 Å². The van der Waals surface area contributed by atoms with Gasteiger partial charge in [-0.3, -0.25) is 0 Å². The predicted octanol–water partition coefficient (Wildman–Crippen LogP) is 6.66. The monoisotopic (exact) mass is 319 g/mol. The number of H-pyrrole nitrogens is 1. The molecule has 5 aromatic rings. The largest absolute Gasteiger partial charge is 0.361 e. The number of hydrogen-bond acceptors (Lipinski definition) is 0. The molecule has 1 N–H and O–H groups in total. The number of nitrogens with one attached hydrogen (secondary N) is 1. The molecule has 1 nitrogen and oxygen atoms in total. The molecule has 0 amide bonds. The molecule has 5 rings (SSSR count). The first-order valence-corrected chi connectivity index (χ1v) is 8.55. The van der Waals surface area contributed by atoms with Gasteiger partial charge in [0, 0.05) is 17.3 Å². The average molecular weight is 319 g/mol. The lowest BCUT2D eigenvalue weighted by molar-refractivity contribution is 1.41. The van der Waals surface area contributed by atoms with Crippen LogP contribution in [0.3, 0.4) is 0 Å². The van der Waals surface area contributed by atoms with Crippen molar-refractivity contribution in [2.24, 2.45) is 0 Å². The second kappa shape index (κ2) is 5.64. The van der Waals surface area contributed by atoms with E-state index in [-0.39, 0.29) is 0 Å². The first-order valence-electron chi connectivity index (χ1n) is 8.55. The molecule has 4 aromatic carbocycles. The Morgan fingerprint density at radius 3 is 1.72 bits per heavy atom. The Morgan fingerprint density at radius 1 is 0.440 bits per heavy atom. The summed E-state index contributed by atoms with van der Waals surface area (Å²) in [5.41, 5.74) is 4.93. The zero-order valence-electron chi connectivity index (χ0n) is 13.7. The van der Waals surface area contributed by atoms with E-state index in [1.165, 1.54) is 43.9 Å².